The second-order valence-corrected chi connectivity index (χ2v) is 5.16. The fourth-order valence-corrected chi connectivity index (χ4v) is 2.64. The number of aryl methyl sites for hydroxylation is 1. The van der Waals surface area contributed by atoms with Crippen molar-refractivity contribution in [2.75, 3.05) is 6.61 Å². The maximum absolute atomic E-state index is 11.9. The van der Waals surface area contributed by atoms with Gasteiger partial charge in [0.25, 0.3) is 0 Å². The molecule has 1 aromatic rings. The second-order valence-electron chi connectivity index (χ2n) is 5.16. The van der Waals surface area contributed by atoms with Crippen LogP contribution in [0.4, 0.5) is 0 Å². The SMILES string of the molecule is O=C(CCCn1cncn1)NC1CCCCC1CO. The molecular formula is C13H22N4O2. The number of rotatable bonds is 6. The summed E-state index contributed by atoms with van der Waals surface area (Å²) in [5.74, 6) is 0.304. The highest BCUT2D eigenvalue weighted by atomic mass is 16.3. The number of carbonyl (C=O) groups excluding carboxylic acids is 1. The first-order valence-electron chi connectivity index (χ1n) is 7.02. The van der Waals surface area contributed by atoms with Crippen molar-refractivity contribution in [3.8, 4) is 0 Å². The molecule has 1 fully saturated rings. The molecule has 1 aliphatic rings. The van der Waals surface area contributed by atoms with Gasteiger partial charge in [-0.3, -0.25) is 9.48 Å². The van der Waals surface area contributed by atoms with Crippen LogP contribution in [-0.2, 0) is 11.3 Å². The van der Waals surface area contributed by atoms with E-state index in [1.54, 1.807) is 11.0 Å². The molecule has 0 aliphatic heterocycles. The first-order chi connectivity index (χ1) is 9.29. The average Bonchev–Trinajstić information content (AvgIpc) is 2.92. The van der Waals surface area contributed by atoms with E-state index in [0.717, 1.165) is 32.1 Å². The van der Waals surface area contributed by atoms with Crippen molar-refractivity contribution < 1.29 is 9.90 Å². The Morgan fingerprint density at radius 2 is 2.26 bits per heavy atom. The molecule has 106 valence electrons. The lowest BCUT2D eigenvalue weighted by Crippen LogP contribution is -2.43. The van der Waals surface area contributed by atoms with Crippen LogP contribution in [0.2, 0.25) is 0 Å². The number of hydrogen-bond donors (Lipinski definition) is 2. The summed E-state index contributed by atoms with van der Waals surface area (Å²) in [5, 5.41) is 16.4. The summed E-state index contributed by atoms with van der Waals surface area (Å²) in [6.45, 7) is 0.880. The first kappa shape index (κ1) is 14.0. The first-order valence-corrected chi connectivity index (χ1v) is 7.02. The van der Waals surface area contributed by atoms with Crippen LogP contribution in [0.3, 0.4) is 0 Å². The van der Waals surface area contributed by atoms with Crippen LogP contribution < -0.4 is 5.32 Å². The van der Waals surface area contributed by atoms with Gasteiger partial charge in [-0.25, -0.2) is 4.98 Å². The molecule has 0 spiro atoms. The number of nitrogens with one attached hydrogen (secondary N) is 1. The van der Waals surface area contributed by atoms with Gasteiger partial charge in [0.05, 0.1) is 0 Å². The minimum Gasteiger partial charge on any atom is -0.396 e. The van der Waals surface area contributed by atoms with Crippen molar-refractivity contribution >= 4 is 5.91 Å². The third kappa shape index (κ3) is 4.31. The summed E-state index contributed by atoms with van der Waals surface area (Å²) >= 11 is 0. The molecule has 1 heterocycles. The number of amides is 1. The van der Waals surface area contributed by atoms with Crippen LogP contribution >= 0.6 is 0 Å². The Kier molecular flexibility index (Phi) is 5.32. The topological polar surface area (TPSA) is 80.0 Å². The molecule has 1 saturated carbocycles. The van der Waals surface area contributed by atoms with Crippen molar-refractivity contribution in [2.24, 2.45) is 5.92 Å². The van der Waals surface area contributed by atoms with Crippen molar-refractivity contribution in [1.29, 1.82) is 0 Å². The molecule has 0 radical (unpaired) electrons. The fraction of sp³-hybridized carbons (Fsp3) is 0.769. The van der Waals surface area contributed by atoms with Crippen LogP contribution in [0, 0.1) is 5.92 Å². The van der Waals surface area contributed by atoms with Gasteiger partial charge in [0, 0.05) is 31.5 Å². The van der Waals surface area contributed by atoms with E-state index in [1.807, 2.05) is 0 Å². The van der Waals surface area contributed by atoms with Crippen LogP contribution in [0.5, 0.6) is 0 Å². The molecule has 6 nitrogen and oxygen atoms in total. The Balaban J connectivity index is 1.68. The standard InChI is InChI=1S/C13H22N4O2/c18-8-11-4-1-2-5-12(11)16-13(19)6-3-7-17-10-14-9-15-17/h9-12,18H,1-8H2,(H,16,19). The van der Waals surface area contributed by atoms with E-state index < -0.39 is 0 Å². The number of aromatic nitrogens is 3. The van der Waals surface area contributed by atoms with Crippen molar-refractivity contribution in [3.63, 3.8) is 0 Å². The zero-order chi connectivity index (χ0) is 13.5. The van der Waals surface area contributed by atoms with Gasteiger partial charge in [0.2, 0.25) is 5.91 Å². The lowest BCUT2D eigenvalue weighted by molar-refractivity contribution is -0.122. The summed E-state index contributed by atoms with van der Waals surface area (Å²) in [6, 6.07) is 0.151. The van der Waals surface area contributed by atoms with E-state index in [1.165, 1.54) is 6.33 Å². The lowest BCUT2D eigenvalue weighted by atomic mass is 9.85. The van der Waals surface area contributed by atoms with Gasteiger partial charge < -0.3 is 10.4 Å². The van der Waals surface area contributed by atoms with Crippen molar-refractivity contribution in [2.45, 2.75) is 51.1 Å². The van der Waals surface area contributed by atoms with Crippen LogP contribution in [-0.4, -0.2) is 38.4 Å². The predicted octanol–water partition coefficient (Wildman–Crippen LogP) is 0.726. The van der Waals surface area contributed by atoms with Crippen LogP contribution in [0.1, 0.15) is 38.5 Å². The highest BCUT2D eigenvalue weighted by Crippen LogP contribution is 2.23. The van der Waals surface area contributed by atoms with Gasteiger partial charge >= 0.3 is 0 Å². The maximum atomic E-state index is 11.9. The van der Waals surface area contributed by atoms with Gasteiger partial charge in [-0.1, -0.05) is 12.8 Å². The summed E-state index contributed by atoms with van der Waals surface area (Å²) in [5.41, 5.74) is 0. The third-order valence-electron chi connectivity index (χ3n) is 3.75. The van der Waals surface area contributed by atoms with E-state index >= 15 is 0 Å². The quantitative estimate of drug-likeness (QED) is 0.795. The zero-order valence-corrected chi connectivity index (χ0v) is 11.2. The minimum absolute atomic E-state index is 0.0745. The molecule has 2 N–H and O–H groups in total. The summed E-state index contributed by atoms with van der Waals surface area (Å²) in [6.07, 6.45) is 8.69. The average molecular weight is 266 g/mol. The van der Waals surface area contributed by atoms with E-state index in [2.05, 4.69) is 15.4 Å². The van der Waals surface area contributed by atoms with Crippen molar-refractivity contribution in [3.05, 3.63) is 12.7 Å². The number of nitrogens with zero attached hydrogens (tertiary/aromatic N) is 3. The molecule has 1 amide bonds. The minimum atomic E-state index is 0.0745. The molecule has 1 aromatic heterocycles. The smallest absolute Gasteiger partial charge is 0.220 e. The van der Waals surface area contributed by atoms with E-state index in [9.17, 15) is 9.90 Å². The largest absolute Gasteiger partial charge is 0.396 e. The van der Waals surface area contributed by atoms with Gasteiger partial charge in [-0.2, -0.15) is 5.10 Å². The highest BCUT2D eigenvalue weighted by Gasteiger charge is 2.25. The molecule has 2 atom stereocenters. The zero-order valence-electron chi connectivity index (χ0n) is 11.2. The second kappa shape index (κ2) is 7.23. The Morgan fingerprint density at radius 3 is 3.00 bits per heavy atom. The Bertz CT molecular complexity index is 380. The Labute approximate surface area is 113 Å². The molecule has 19 heavy (non-hydrogen) atoms. The van der Waals surface area contributed by atoms with E-state index in [4.69, 9.17) is 0 Å². The maximum Gasteiger partial charge on any atom is 0.220 e. The van der Waals surface area contributed by atoms with Crippen LogP contribution in [0.25, 0.3) is 0 Å². The summed E-state index contributed by atoms with van der Waals surface area (Å²) in [7, 11) is 0. The number of carbonyl (C=O) groups is 1. The molecule has 0 bridgehead atoms. The Hall–Kier alpha value is -1.43. The Morgan fingerprint density at radius 1 is 1.42 bits per heavy atom. The molecule has 0 aromatic carbocycles. The van der Waals surface area contributed by atoms with E-state index in [-0.39, 0.29) is 24.5 Å². The van der Waals surface area contributed by atoms with E-state index in [0.29, 0.717) is 13.0 Å². The van der Waals surface area contributed by atoms with Gasteiger partial charge in [0.15, 0.2) is 0 Å². The predicted molar refractivity (Wildman–Crippen MR) is 70.2 cm³/mol. The van der Waals surface area contributed by atoms with Crippen molar-refractivity contribution in [1.82, 2.24) is 20.1 Å². The molecule has 2 rings (SSSR count). The van der Waals surface area contributed by atoms with Gasteiger partial charge in [-0.15, -0.1) is 0 Å². The number of aliphatic hydroxyl groups is 1. The monoisotopic (exact) mass is 266 g/mol. The molecule has 2 unspecified atom stereocenters. The normalized spacial score (nSPS) is 23.2. The fourth-order valence-electron chi connectivity index (χ4n) is 2.64. The molecule has 0 saturated heterocycles. The lowest BCUT2D eigenvalue weighted by Gasteiger charge is -2.30. The number of aliphatic hydroxyl groups excluding tert-OH is 1. The molecule has 1 aliphatic carbocycles. The molecule has 6 heteroatoms. The third-order valence-corrected chi connectivity index (χ3v) is 3.75. The summed E-state index contributed by atoms with van der Waals surface area (Å²) < 4.78 is 1.73. The summed E-state index contributed by atoms with van der Waals surface area (Å²) in [4.78, 5) is 15.7. The number of hydrogen-bond acceptors (Lipinski definition) is 4. The van der Waals surface area contributed by atoms with Gasteiger partial charge in [-0.05, 0) is 19.3 Å². The van der Waals surface area contributed by atoms with Gasteiger partial charge in [0.1, 0.15) is 12.7 Å². The molecular weight excluding hydrogens is 244 g/mol. The van der Waals surface area contributed by atoms with Crippen LogP contribution in [0.15, 0.2) is 12.7 Å². The highest BCUT2D eigenvalue weighted by molar-refractivity contribution is 5.76.